The highest BCUT2D eigenvalue weighted by Crippen LogP contribution is 2.16. The molecule has 20 heavy (non-hydrogen) atoms. The third kappa shape index (κ3) is 6.60. The normalized spacial score (nSPS) is 12.1. The summed E-state index contributed by atoms with van der Waals surface area (Å²) < 4.78 is 5.78. The van der Waals surface area contributed by atoms with Crippen molar-refractivity contribution in [2.45, 2.75) is 64.9 Å². The standard InChI is InChI=1S/C17H26O3/c1-3-4-5-6-7-8-9-14(2)20-16-12-10-15(11-13-16)17(18)19/h10-14H,3-9H2,1-2H3,(H,18,19). The molecule has 0 radical (unpaired) electrons. The van der Waals surface area contributed by atoms with Crippen molar-refractivity contribution in [3.8, 4) is 5.75 Å². The average molecular weight is 278 g/mol. The Morgan fingerprint density at radius 3 is 2.30 bits per heavy atom. The molecule has 3 nitrogen and oxygen atoms in total. The predicted octanol–water partition coefficient (Wildman–Crippen LogP) is 4.90. The Morgan fingerprint density at radius 2 is 1.70 bits per heavy atom. The number of hydrogen-bond donors (Lipinski definition) is 1. The lowest BCUT2D eigenvalue weighted by Crippen LogP contribution is -2.11. The lowest BCUT2D eigenvalue weighted by atomic mass is 10.1. The van der Waals surface area contributed by atoms with Gasteiger partial charge in [0.25, 0.3) is 0 Å². The maximum atomic E-state index is 10.7. The van der Waals surface area contributed by atoms with Crippen molar-refractivity contribution in [3.63, 3.8) is 0 Å². The van der Waals surface area contributed by atoms with Gasteiger partial charge in [0.1, 0.15) is 5.75 Å². The highest BCUT2D eigenvalue weighted by molar-refractivity contribution is 5.87. The van der Waals surface area contributed by atoms with Crippen LogP contribution in [0.5, 0.6) is 5.75 Å². The van der Waals surface area contributed by atoms with Crippen molar-refractivity contribution >= 4 is 5.97 Å². The van der Waals surface area contributed by atoms with Crippen LogP contribution < -0.4 is 4.74 Å². The predicted molar refractivity (Wildman–Crippen MR) is 81.5 cm³/mol. The minimum absolute atomic E-state index is 0.178. The summed E-state index contributed by atoms with van der Waals surface area (Å²) in [4.78, 5) is 10.7. The third-order valence-electron chi connectivity index (χ3n) is 3.40. The fraction of sp³-hybridized carbons (Fsp3) is 0.588. The molecule has 112 valence electrons. The highest BCUT2D eigenvalue weighted by Gasteiger charge is 2.06. The Kier molecular flexibility index (Phi) is 7.78. The van der Waals surface area contributed by atoms with Gasteiger partial charge in [-0.05, 0) is 44.0 Å². The van der Waals surface area contributed by atoms with E-state index < -0.39 is 5.97 Å². The van der Waals surface area contributed by atoms with Gasteiger partial charge in [-0.2, -0.15) is 0 Å². The van der Waals surface area contributed by atoms with Crippen LogP contribution in [0.3, 0.4) is 0 Å². The molecule has 1 aromatic rings. The molecule has 0 aliphatic rings. The first kappa shape index (κ1) is 16.5. The van der Waals surface area contributed by atoms with Crippen molar-refractivity contribution in [1.82, 2.24) is 0 Å². The van der Waals surface area contributed by atoms with E-state index >= 15 is 0 Å². The zero-order valence-electron chi connectivity index (χ0n) is 12.6. The van der Waals surface area contributed by atoms with Crippen LogP contribution in [-0.4, -0.2) is 17.2 Å². The minimum atomic E-state index is -0.906. The Balaban J connectivity index is 2.21. The number of ether oxygens (including phenoxy) is 1. The van der Waals surface area contributed by atoms with Crippen molar-refractivity contribution in [2.75, 3.05) is 0 Å². The first-order valence-corrected chi connectivity index (χ1v) is 7.63. The SMILES string of the molecule is CCCCCCCCC(C)Oc1ccc(C(=O)O)cc1. The van der Waals surface area contributed by atoms with Crippen LogP contribution in [0.4, 0.5) is 0 Å². The van der Waals surface area contributed by atoms with Gasteiger partial charge in [-0.1, -0.05) is 39.0 Å². The second-order valence-electron chi connectivity index (χ2n) is 5.31. The summed E-state index contributed by atoms with van der Waals surface area (Å²) in [6.07, 6.45) is 8.96. The van der Waals surface area contributed by atoms with Crippen LogP contribution in [0, 0.1) is 0 Å². The van der Waals surface area contributed by atoms with Crippen LogP contribution >= 0.6 is 0 Å². The van der Waals surface area contributed by atoms with E-state index in [9.17, 15) is 4.79 Å². The molecular weight excluding hydrogens is 252 g/mol. The summed E-state index contributed by atoms with van der Waals surface area (Å²) in [6.45, 7) is 4.29. The van der Waals surface area contributed by atoms with Crippen molar-refractivity contribution < 1.29 is 14.6 Å². The summed E-state index contributed by atoms with van der Waals surface area (Å²) >= 11 is 0. The first-order valence-electron chi connectivity index (χ1n) is 7.63. The van der Waals surface area contributed by atoms with Gasteiger partial charge in [0.05, 0.1) is 11.7 Å². The molecule has 0 saturated carbocycles. The third-order valence-corrected chi connectivity index (χ3v) is 3.40. The maximum Gasteiger partial charge on any atom is 0.335 e. The lowest BCUT2D eigenvalue weighted by Gasteiger charge is -2.14. The maximum absolute atomic E-state index is 10.7. The number of aromatic carboxylic acids is 1. The van der Waals surface area contributed by atoms with E-state index in [0.717, 1.165) is 12.2 Å². The largest absolute Gasteiger partial charge is 0.491 e. The zero-order chi connectivity index (χ0) is 14.8. The van der Waals surface area contributed by atoms with Gasteiger partial charge in [0.2, 0.25) is 0 Å². The van der Waals surface area contributed by atoms with Crippen LogP contribution in [0.15, 0.2) is 24.3 Å². The van der Waals surface area contributed by atoms with E-state index in [1.54, 1.807) is 24.3 Å². The monoisotopic (exact) mass is 278 g/mol. The van der Waals surface area contributed by atoms with Gasteiger partial charge in [-0.25, -0.2) is 4.79 Å². The van der Waals surface area contributed by atoms with Gasteiger partial charge >= 0.3 is 5.97 Å². The summed E-state index contributed by atoms with van der Waals surface area (Å²) in [7, 11) is 0. The number of rotatable bonds is 10. The van der Waals surface area contributed by atoms with Crippen molar-refractivity contribution in [2.24, 2.45) is 0 Å². The fourth-order valence-corrected chi connectivity index (χ4v) is 2.18. The van der Waals surface area contributed by atoms with E-state index in [-0.39, 0.29) is 6.10 Å². The molecule has 0 fully saturated rings. The fourth-order valence-electron chi connectivity index (χ4n) is 2.18. The second-order valence-corrected chi connectivity index (χ2v) is 5.31. The number of carboxylic acids is 1. The summed E-state index contributed by atoms with van der Waals surface area (Å²) in [6, 6.07) is 6.60. The second kappa shape index (κ2) is 9.40. The van der Waals surface area contributed by atoms with Gasteiger partial charge in [0, 0.05) is 0 Å². The van der Waals surface area contributed by atoms with Crippen LogP contribution in [-0.2, 0) is 0 Å². The number of hydrogen-bond acceptors (Lipinski definition) is 2. The van der Waals surface area contributed by atoms with Crippen LogP contribution in [0.2, 0.25) is 0 Å². The van der Waals surface area contributed by atoms with Gasteiger partial charge < -0.3 is 9.84 Å². The Labute approximate surface area is 122 Å². The Hall–Kier alpha value is -1.51. The van der Waals surface area contributed by atoms with Crippen molar-refractivity contribution in [3.05, 3.63) is 29.8 Å². The summed E-state index contributed by atoms with van der Waals surface area (Å²) in [5, 5.41) is 8.82. The van der Waals surface area contributed by atoms with Gasteiger partial charge in [-0.15, -0.1) is 0 Å². The molecule has 0 aliphatic carbocycles. The Morgan fingerprint density at radius 1 is 1.10 bits per heavy atom. The molecule has 0 aromatic heterocycles. The molecule has 1 rings (SSSR count). The van der Waals surface area contributed by atoms with Crippen molar-refractivity contribution in [1.29, 1.82) is 0 Å². The van der Waals surface area contributed by atoms with Crippen LogP contribution in [0.1, 0.15) is 69.2 Å². The van der Waals surface area contributed by atoms with E-state index in [2.05, 4.69) is 13.8 Å². The van der Waals surface area contributed by atoms with E-state index in [0.29, 0.717) is 5.56 Å². The highest BCUT2D eigenvalue weighted by atomic mass is 16.5. The molecule has 1 atom stereocenters. The van der Waals surface area contributed by atoms with E-state index in [1.807, 2.05) is 0 Å². The molecule has 3 heteroatoms. The number of benzene rings is 1. The molecule has 1 aromatic carbocycles. The van der Waals surface area contributed by atoms with Gasteiger partial charge in [-0.3, -0.25) is 0 Å². The first-order chi connectivity index (χ1) is 9.63. The average Bonchev–Trinajstić information content (AvgIpc) is 2.43. The molecule has 0 bridgehead atoms. The summed E-state index contributed by atoms with van der Waals surface area (Å²) in [5.74, 6) is -0.162. The molecule has 1 unspecified atom stereocenters. The zero-order valence-corrected chi connectivity index (χ0v) is 12.6. The molecular formula is C17H26O3. The van der Waals surface area contributed by atoms with Gasteiger partial charge in [0.15, 0.2) is 0 Å². The van der Waals surface area contributed by atoms with E-state index in [4.69, 9.17) is 9.84 Å². The molecule has 0 amide bonds. The molecule has 0 aliphatic heterocycles. The Bertz CT molecular complexity index is 384. The molecule has 1 N–H and O–H groups in total. The molecule has 0 saturated heterocycles. The minimum Gasteiger partial charge on any atom is -0.491 e. The molecule has 0 spiro atoms. The number of carbonyl (C=O) groups is 1. The lowest BCUT2D eigenvalue weighted by molar-refractivity contribution is 0.0697. The van der Waals surface area contributed by atoms with E-state index in [1.165, 1.54) is 38.5 Å². The summed E-state index contributed by atoms with van der Waals surface area (Å²) in [5.41, 5.74) is 0.293. The van der Waals surface area contributed by atoms with Crippen LogP contribution in [0.25, 0.3) is 0 Å². The number of carboxylic acid groups (broad SMARTS) is 1. The topological polar surface area (TPSA) is 46.5 Å². The smallest absolute Gasteiger partial charge is 0.335 e. The molecule has 0 heterocycles. The number of unbranched alkanes of at least 4 members (excludes halogenated alkanes) is 5. The quantitative estimate of drug-likeness (QED) is 0.619.